The highest BCUT2D eigenvalue weighted by Gasteiger charge is 2.25. The molecule has 0 fully saturated rings. The fourth-order valence-electron chi connectivity index (χ4n) is 6.75. The molecule has 0 saturated heterocycles. The van der Waals surface area contributed by atoms with Gasteiger partial charge in [0.15, 0.2) is 6.10 Å². The summed E-state index contributed by atoms with van der Waals surface area (Å²) in [6.07, 6.45) is 42.0. The summed E-state index contributed by atoms with van der Waals surface area (Å²) < 4.78 is 17.2. The summed E-state index contributed by atoms with van der Waals surface area (Å²) in [7, 11) is 5.41. The quantitative estimate of drug-likeness (QED) is 0.0264. The smallest absolute Gasteiger partial charge is 0.306 e. The lowest BCUT2D eigenvalue weighted by molar-refractivity contribution is -0.889. The molecule has 2 unspecified atom stereocenters. The maximum absolute atomic E-state index is 12.7. The standard InChI is InChI=1S/C47H87NO7/c1-6-8-10-12-14-16-18-19-20-21-22-23-24-25-26-27-28-30-32-34-36-38-46(50)55-43(41-53-40-39-44(47(51)52)48(3,4)5)42-54-45(49)37-35-33-31-29-17-15-13-11-9-7-2/h18-19,21-22,43-44H,6-17,20,23-42H2,1-5H3/b19-18-,22-21-. The monoisotopic (exact) mass is 778 g/mol. The molecule has 2 atom stereocenters. The Morgan fingerprint density at radius 2 is 0.964 bits per heavy atom. The van der Waals surface area contributed by atoms with E-state index in [2.05, 4.69) is 38.2 Å². The predicted octanol–water partition coefficient (Wildman–Crippen LogP) is 11.1. The van der Waals surface area contributed by atoms with E-state index in [9.17, 15) is 19.5 Å². The Morgan fingerprint density at radius 3 is 1.40 bits per heavy atom. The van der Waals surface area contributed by atoms with Crippen molar-refractivity contribution >= 4 is 17.9 Å². The van der Waals surface area contributed by atoms with E-state index >= 15 is 0 Å². The van der Waals surface area contributed by atoms with Crippen molar-refractivity contribution in [3.63, 3.8) is 0 Å². The van der Waals surface area contributed by atoms with Crippen LogP contribution in [0.1, 0.15) is 206 Å². The van der Waals surface area contributed by atoms with Crippen molar-refractivity contribution in [3.05, 3.63) is 24.3 Å². The molecule has 0 radical (unpaired) electrons. The summed E-state index contributed by atoms with van der Waals surface area (Å²) in [6.45, 7) is 4.65. The van der Waals surface area contributed by atoms with Gasteiger partial charge in [-0.15, -0.1) is 0 Å². The van der Waals surface area contributed by atoms with Gasteiger partial charge in [0.1, 0.15) is 12.6 Å². The molecule has 0 bridgehead atoms. The number of rotatable bonds is 41. The van der Waals surface area contributed by atoms with Gasteiger partial charge < -0.3 is 28.6 Å². The van der Waals surface area contributed by atoms with Gasteiger partial charge in [0.25, 0.3) is 0 Å². The third-order valence-corrected chi connectivity index (χ3v) is 10.3. The van der Waals surface area contributed by atoms with E-state index in [0.717, 1.165) is 44.9 Å². The van der Waals surface area contributed by atoms with Crippen LogP contribution in [0.25, 0.3) is 0 Å². The van der Waals surface area contributed by atoms with Crippen LogP contribution in [0.2, 0.25) is 0 Å². The number of hydrogen-bond acceptors (Lipinski definition) is 7. The van der Waals surface area contributed by atoms with Crippen molar-refractivity contribution in [1.29, 1.82) is 0 Å². The average Bonchev–Trinajstić information content (AvgIpc) is 3.14. The molecule has 0 aliphatic rings. The summed E-state index contributed by atoms with van der Waals surface area (Å²) in [5, 5.41) is 11.6. The summed E-state index contributed by atoms with van der Waals surface area (Å²) in [5.41, 5.74) is 0. The number of unbranched alkanes of at least 4 members (excludes halogenated alkanes) is 23. The van der Waals surface area contributed by atoms with Gasteiger partial charge in [-0.2, -0.15) is 0 Å². The number of carbonyl (C=O) groups is 3. The third-order valence-electron chi connectivity index (χ3n) is 10.3. The Labute approximate surface area is 339 Å². The lowest BCUT2D eigenvalue weighted by Gasteiger charge is -2.34. The molecule has 322 valence electrons. The SMILES string of the molecule is CCCCCCC/C=C\C/C=C\CCCCCCCCCCCC(=O)OC(COCCC(C(=O)[O-])[N+](C)(C)C)COC(=O)CCCCCCCCCCCC. The van der Waals surface area contributed by atoms with Crippen molar-refractivity contribution in [1.82, 2.24) is 0 Å². The Balaban J connectivity index is 4.24. The van der Waals surface area contributed by atoms with Gasteiger partial charge in [0, 0.05) is 19.3 Å². The Morgan fingerprint density at radius 1 is 0.545 bits per heavy atom. The highest BCUT2D eigenvalue weighted by Crippen LogP contribution is 2.15. The number of carboxylic acid groups (broad SMARTS) is 1. The zero-order valence-electron chi connectivity index (χ0n) is 36.6. The highest BCUT2D eigenvalue weighted by atomic mass is 16.6. The number of carboxylic acids is 1. The van der Waals surface area contributed by atoms with Crippen LogP contribution >= 0.6 is 0 Å². The summed E-state index contributed by atoms with van der Waals surface area (Å²) >= 11 is 0. The second kappa shape index (κ2) is 38.7. The Bertz CT molecular complexity index is 957. The van der Waals surface area contributed by atoms with Gasteiger partial charge in [-0.1, -0.05) is 167 Å². The average molecular weight is 778 g/mol. The van der Waals surface area contributed by atoms with Crippen LogP contribution in [0.4, 0.5) is 0 Å². The molecule has 0 aromatic rings. The Hall–Kier alpha value is -2.19. The van der Waals surface area contributed by atoms with E-state index in [1.165, 1.54) is 128 Å². The molecule has 0 N–H and O–H groups in total. The molecular weight excluding hydrogens is 691 g/mol. The number of quaternary nitrogens is 1. The van der Waals surface area contributed by atoms with Crippen LogP contribution in [0.3, 0.4) is 0 Å². The highest BCUT2D eigenvalue weighted by molar-refractivity contribution is 5.70. The molecule has 0 saturated carbocycles. The molecule has 8 heteroatoms. The predicted molar refractivity (Wildman–Crippen MR) is 227 cm³/mol. The largest absolute Gasteiger partial charge is 0.544 e. The third kappa shape index (κ3) is 37.2. The molecule has 0 heterocycles. The van der Waals surface area contributed by atoms with Crippen molar-refractivity contribution in [2.24, 2.45) is 0 Å². The van der Waals surface area contributed by atoms with Gasteiger partial charge in [-0.05, 0) is 44.9 Å². The molecule has 0 aliphatic heterocycles. The van der Waals surface area contributed by atoms with E-state index in [0.29, 0.717) is 12.8 Å². The second-order valence-electron chi connectivity index (χ2n) is 16.6. The molecule has 0 aromatic carbocycles. The van der Waals surface area contributed by atoms with Crippen molar-refractivity contribution in [3.8, 4) is 0 Å². The van der Waals surface area contributed by atoms with E-state index < -0.39 is 18.1 Å². The molecule has 0 amide bonds. The zero-order valence-corrected chi connectivity index (χ0v) is 36.6. The minimum absolute atomic E-state index is 0.0428. The number of esters is 2. The van der Waals surface area contributed by atoms with Crippen molar-refractivity contribution in [2.75, 3.05) is 41.0 Å². The fourth-order valence-corrected chi connectivity index (χ4v) is 6.75. The van der Waals surface area contributed by atoms with Crippen molar-refractivity contribution in [2.45, 2.75) is 219 Å². The summed E-state index contributed by atoms with van der Waals surface area (Å²) in [5.74, 6) is -1.73. The summed E-state index contributed by atoms with van der Waals surface area (Å²) in [6, 6.07) is -0.723. The molecule has 55 heavy (non-hydrogen) atoms. The van der Waals surface area contributed by atoms with Crippen LogP contribution in [0.5, 0.6) is 0 Å². The van der Waals surface area contributed by atoms with Gasteiger partial charge in [-0.3, -0.25) is 9.59 Å². The number of nitrogens with zero attached hydrogens (tertiary/aromatic N) is 1. The number of hydrogen-bond donors (Lipinski definition) is 0. The minimum Gasteiger partial charge on any atom is -0.544 e. The molecule has 0 rings (SSSR count). The first-order chi connectivity index (χ1) is 26.6. The first kappa shape index (κ1) is 52.8. The van der Waals surface area contributed by atoms with Crippen LogP contribution in [0.15, 0.2) is 24.3 Å². The van der Waals surface area contributed by atoms with Gasteiger partial charge >= 0.3 is 11.9 Å². The maximum atomic E-state index is 12.7. The first-order valence-electron chi connectivity index (χ1n) is 22.9. The molecule has 0 spiro atoms. The molecule has 0 aliphatic carbocycles. The number of likely N-dealkylation sites (N-methyl/N-ethyl adjacent to an activating group) is 1. The van der Waals surface area contributed by atoms with Gasteiger partial charge in [-0.25, -0.2) is 0 Å². The number of aliphatic carboxylic acids is 1. The van der Waals surface area contributed by atoms with Gasteiger partial charge in [0.05, 0.1) is 40.3 Å². The number of allylic oxidation sites excluding steroid dienone is 4. The van der Waals surface area contributed by atoms with E-state index in [4.69, 9.17) is 14.2 Å². The summed E-state index contributed by atoms with van der Waals surface area (Å²) in [4.78, 5) is 36.8. The number of ether oxygens (including phenoxy) is 3. The maximum Gasteiger partial charge on any atom is 0.306 e. The minimum atomic E-state index is -1.12. The molecular formula is C47H87NO7. The topological polar surface area (TPSA) is 102 Å². The number of carbonyl (C=O) groups excluding carboxylic acids is 3. The van der Waals surface area contributed by atoms with Crippen LogP contribution in [-0.4, -0.2) is 75.5 Å². The Kier molecular flexibility index (Phi) is 37.1. The normalized spacial score (nSPS) is 13.1. The van der Waals surface area contributed by atoms with Crippen LogP contribution < -0.4 is 5.11 Å². The van der Waals surface area contributed by atoms with Gasteiger partial charge in [0.2, 0.25) is 0 Å². The molecule has 0 aromatic heterocycles. The van der Waals surface area contributed by atoms with Crippen molar-refractivity contribution < 1.29 is 38.2 Å². The van der Waals surface area contributed by atoms with E-state index in [1.54, 1.807) is 21.1 Å². The lowest BCUT2D eigenvalue weighted by Crippen LogP contribution is -2.55. The second-order valence-corrected chi connectivity index (χ2v) is 16.6. The lowest BCUT2D eigenvalue weighted by atomic mass is 10.1. The zero-order chi connectivity index (χ0) is 40.7. The first-order valence-corrected chi connectivity index (χ1v) is 22.9. The van der Waals surface area contributed by atoms with Crippen LogP contribution in [-0.2, 0) is 28.6 Å². The molecule has 8 nitrogen and oxygen atoms in total. The van der Waals surface area contributed by atoms with E-state index in [1.807, 2.05) is 0 Å². The van der Waals surface area contributed by atoms with E-state index in [-0.39, 0.29) is 42.7 Å². The van der Waals surface area contributed by atoms with Crippen LogP contribution in [0, 0.1) is 0 Å². The fraction of sp³-hybridized carbons (Fsp3) is 0.851.